The highest BCUT2D eigenvalue weighted by molar-refractivity contribution is 8.24. The van der Waals surface area contributed by atoms with Gasteiger partial charge in [-0.1, -0.05) is 17.7 Å². The summed E-state index contributed by atoms with van der Waals surface area (Å²) in [5.74, 6) is 0.280. The lowest BCUT2D eigenvalue weighted by Crippen LogP contribution is -2.12. The zero-order chi connectivity index (χ0) is 17.8. The molecule has 0 saturated heterocycles. The molecular weight excluding hydrogens is 384 g/mol. The van der Waals surface area contributed by atoms with E-state index in [4.69, 9.17) is 11.6 Å². The topological polar surface area (TPSA) is 102 Å². The number of halogens is 1. The molecule has 9 heteroatoms. The van der Waals surface area contributed by atoms with Crippen molar-refractivity contribution in [3.63, 3.8) is 0 Å². The number of aryl methyl sites for hydroxylation is 1. The third kappa shape index (κ3) is 2.90. The fraction of sp³-hybridized carbons (Fsp3) is 0.125. The number of benzene rings is 2. The smallest absolute Gasteiger partial charge is 0.264 e. The van der Waals surface area contributed by atoms with Gasteiger partial charge in [0.05, 0.1) is 10.6 Å². The minimum absolute atomic E-state index is 0.103. The fourth-order valence-electron chi connectivity index (χ4n) is 3.00. The first kappa shape index (κ1) is 16.7. The molecule has 3 aromatic rings. The number of H-pyrrole nitrogens is 1. The van der Waals surface area contributed by atoms with Gasteiger partial charge in [0.15, 0.2) is 0 Å². The van der Waals surface area contributed by atoms with E-state index in [-0.39, 0.29) is 10.6 Å². The Morgan fingerprint density at radius 2 is 1.96 bits per heavy atom. The lowest BCUT2D eigenvalue weighted by atomic mass is 10.2. The first-order chi connectivity index (χ1) is 11.8. The number of aromatic amines is 1. The normalized spacial score (nSPS) is 17.4. The number of anilines is 1. The van der Waals surface area contributed by atoms with Crippen molar-refractivity contribution < 1.29 is 17.5 Å². The monoisotopic (exact) mass is 398 g/mol. The number of sulfonamides is 1. The van der Waals surface area contributed by atoms with Crippen LogP contribution in [0.4, 0.5) is 5.69 Å². The van der Waals surface area contributed by atoms with Crippen LogP contribution in [0.2, 0.25) is 5.02 Å². The van der Waals surface area contributed by atoms with Gasteiger partial charge < -0.3 is 4.98 Å². The quantitative estimate of drug-likeness (QED) is 0.528. The zero-order valence-corrected chi connectivity index (χ0v) is 15.2. The molecule has 4 N–H and O–H groups in total. The summed E-state index contributed by atoms with van der Waals surface area (Å²) in [6.07, 6.45) is 1.98. The Hall–Kier alpha value is -1.71. The molecule has 4 rings (SSSR count). The Bertz CT molecular complexity index is 1090. The van der Waals surface area contributed by atoms with E-state index in [2.05, 4.69) is 9.71 Å². The summed E-state index contributed by atoms with van der Waals surface area (Å²) < 4.78 is 48.1. The van der Waals surface area contributed by atoms with Gasteiger partial charge in [-0.15, -0.1) is 0 Å². The van der Waals surface area contributed by atoms with Crippen LogP contribution in [0.3, 0.4) is 0 Å². The zero-order valence-electron chi connectivity index (χ0n) is 12.9. The van der Waals surface area contributed by atoms with Crippen LogP contribution in [-0.4, -0.2) is 28.3 Å². The molecule has 25 heavy (non-hydrogen) atoms. The molecule has 0 saturated carbocycles. The molecule has 0 fully saturated rings. The molecule has 0 radical (unpaired) electrons. The predicted octanol–water partition coefficient (Wildman–Crippen LogP) is 4.29. The van der Waals surface area contributed by atoms with E-state index in [1.807, 2.05) is 0 Å². The van der Waals surface area contributed by atoms with E-state index in [0.717, 1.165) is 5.56 Å². The van der Waals surface area contributed by atoms with Crippen molar-refractivity contribution in [3.05, 3.63) is 53.2 Å². The van der Waals surface area contributed by atoms with Crippen LogP contribution in [0.25, 0.3) is 10.9 Å². The molecule has 2 heterocycles. The van der Waals surface area contributed by atoms with Crippen molar-refractivity contribution in [1.82, 2.24) is 4.98 Å². The lowest BCUT2D eigenvalue weighted by molar-refractivity contribution is 0.492. The summed E-state index contributed by atoms with van der Waals surface area (Å²) in [6.45, 7) is 0. The molecule has 0 amide bonds. The van der Waals surface area contributed by atoms with E-state index < -0.39 is 20.6 Å². The molecule has 0 unspecified atom stereocenters. The lowest BCUT2D eigenvalue weighted by Gasteiger charge is -2.27. The van der Waals surface area contributed by atoms with Gasteiger partial charge in [-0.2, -0.15) is 10.6 Å². The van der Waals surface area contributed by atoms with Crippen molar-refractivity contribution in [2.75, 3.05) is 10.5 Å². The van der Waals surface area contributed by atoms with Crippen molar-refractivity contribution in [2.45, 2.75) is 16.2 Å². The Balaban J connectivity index is 1.72. The highest BCUT2D eigenvalue weighted by atomic mass is 35.5. The van der Waals surface area contributed by atoms with Crippen LogP contribution < -0.4 is 4.72 Å². The van der Waals surface area contributed by atoms with Gasteiger partial charge in [0.2, 0.25) is 0 Å². The van der Waals surface area contributed by atoms with Gasteiger partial charge in [0, 0.05) is 27.9 Å². The molecular formula is C16H15ClN2O4S2. The number of fused-ring (bicyclic) bond motifs is 2. The second kappa shape index (κ2) is 5.65. The number of nitrogens with one attached hydrogen (secondary N) is 2. The van der Waals surface area contributed by atoms with Crippen molar-refractivity contribution in [3.8, 4) is 0 Å². The molecule has 132 valence electrons. The summed E-state index contributed by atoms with van der Waals surface area (Å²) in [7, 11) is -6.68. The fourth-order valence-corrected chi connectivity index (χ4v) is 6.03. The maximum atomic E-state index is 12.7. The second-order valence-corrected chi connectivity index (χ2v) is 10.2. The van der Waals surface area contributed by atoms with Crippen molar-refractivity contribution in [1.29, 1.82) is 0 Å². The number of hydrogen-bond acceptors (Lipinski definition) is 4. The molecule has 0 aliphatic carbocycles. The van der Waals surface area contributed by atoms with Gasteiger partial charge in [-0.05, 0) is 42.3 Å². The third-order valence-electron chi connectivity index (χ3n) is 4.22. The Morgan fingerprint density at radius 1 is 1.16 bits per heavy atom. The van der Waals surface area contributed by atoms with Gasteiger partial charge in [0.25, 0.3) is 10.0 Å². The molecule has 1 aliphatic heterocycles. The molecule has 0 spiro atoms. The van der Waals surface area contributed by atoms with Crippen LogP contribution in [-0.2, 0) is 16.4 Å². The summed E-state index contributed by atoms with van der Waals surface area (Å²) in [5, 5.41) is 1.04. The standard InChI is InChI=1S/C16H15ClN2O4S2/c17-11-2-4-13-14(7-11)18-9-16(13)25(22,23)19-12-3-1-10-5-6-24(20,21)15(10)8-12/h1-4,7-9,18-21H,5-6H2. The largest absolute Gasteiger partial charge is 0.360 e. The van der Waals surface area contributed by atoms with E-state index in [0.29, 0.717) is 32.9 Å². The molecule has 1 aromatic heterocycles. The summed E-state index contributed by atoms with van der Waals surface area (Å²) >= 11 is 5.92. The summed E-state index contributed by atoms with van der Waals surface area (Å²) in [5.41, 5.74) is 1.75. The van der Waals surface area contributed by atoms with E-state index in [1.165, 1.54) is 12.3 Å². The highest BCUT2D eigenvalue weighted by Gasteiger charge is 2.28. The van der Waals surface area contributed by atoms with Crippen LogP contribution in [0.5, 0.6) is 0 Å². The molecule has 6 nitrogen and oxygen atoms in total. The van der Waals surface area contributed by atoms with Crippen LogP contribution in [0.1, 0.15) is 5.56 Å². The highest BCUT2D eigenvalue weighted by Crippen LogP contribution is 2.55. The molecule has 2 aromatic carbocycles. The number of aromatic nitrogens is 1. The molecule has 0 bridgehead atoms. The SMILES string of the molecule is O=S(=O)(Nc1ccc2c(c1)S(O)(O)CC2)c1c[nH]c2cc(Cl)ccc12. The second-order valence-electron chi connectivity index (χ2n) is 5.89. The maximum Gasteiger partial charge on any atom is 0.264 e. The minimum atomic E-state index is -3.84. The summed E-state index contributed by atoms with van der Waals surface area (Å²) in [6, 6.07) is 9.78. The number of hydrogen-bond donors (Lipinski definition) is 4. The Morgan fingerprint density at radius 3 is 2.76 bits per heavy atom. The van der Waals surface area contributed by atoms with Crippen molar-refractivity contribution in [2.24, 2.45) is 0 Å². The van der Waals surface area contributed by atoms with Gasteiger partial charge >= 0.3 is 0 Å². The summed E-state index contributed by atoms with van der Waals surface area (Å²) in [4.78, 5) is 3.41. The van der Waals surface area contributed by atoms with E-state index in [1.54, 1.807) is 30.3 Å². The Labute approximate surface area is 151 Å². The van der Waals surface area contributed by atoms with Crippen LogP contribution in [0, 0.1) is 0 Å². The third-order valence-corrected chi connectivity index (χ3v) is 7.74. The molecule has 1 aliphatic rings. The van der Waals surface area contributed by atoms with Crippen LogP contribution >= 0.6 is 22.2 Å². The van der Waals surface area contributed by atoms with Gasteiger partial charge in [0.1, 0.15) is 4.90 Å². The van der Waals surface area contributed by atoms with E-state index >= 15 is 0 Å². The first-order valence-corrected chi connectivity index (χ1v) is 11.0. The van der Waals surface area contributed by atoms with E-state index in [9.17, 15) is 17.5 Å². The average molecular weight is 399 g/mol. The van der Waals surface area contributed by atoms with Gasteiger partial charge in [-0.3, -0.25) is 13.8 Å². The van der Waals surface area contributed by atoms with Crippen molar-refractivity contribution >= 4 is 48.8 Å². The molecule has 0 atom stereocenters. The van der Waals surface area contributed by atoms with Crippen LogP contribution in [0.15, 0.2) is 52.4 Å². The minimum Gasteiger partial charge on any atom is -0.360 e. The maximum absolute atomic E-state index is 12.7. The predicted molar refractivity (Wildman–Crippen MR) is 100 cm³/mol. The first-order valence-electron chi connectivity index (χ1n) is 7.45. The average Bonchev–Trinajstić information content (AvgIpc) is 3.08. The van der Waals surface area contributed by atoms with Gasteiger partial charge in [-0.25, -0.2) is 8.42 Å². The Kier molecular flexibility index (Phi) is 3.78. The number of rotatable bonds is 3.